The van der Waals surface area contributed by atoms with Crippen LogP contribution in [0.4, 0.5) is 39.3 Å². The third kappa shape index (κ3) is 13.0. The van der Waals surface area contributed by atoms with Gasteiger partial charge in [-0.1, -0.05) is 23.5 Å². The van der Waals surface area contributed by atoms with E-state index in [2.05, 4.69) is 40.7 Å². The minimum atomic E-state index is -5.52. The average molecular weight is 1300 g/mol. The van der Waals surface area contributed by atoms with Crippen LogP contribution in [0.3, 0.4) is 0 Å². The van der Waals surface area contributed by atoms with Gasteiger partial charge in [0.1, 0.15) is 54.8 Å². The van der Waals surface area contributed by atoms with Gasteiger partial charge in [-0.25, -0.2) is 9.97 Å². The normalized spacial score (nSPS) is 13.1. The predicted molar refractivity (Wildman–Crippen MR) is 295 cm³/mol. The van der Waals surface area contributed by atoms with E-state index >= 15 is 0 Å². The minimum Gasteiger partial charge on any atom is -0.505 e. The first-order valence-electron chi connectivity index (χ1n) is 22.9. The van der Waals surface area contributed by atoms with Crippen molar-refractivity contribution >= 4 is 149 Å². The zero-order chi connectivity index (χ0) is 61.8. The van der Waals surface area contributed by atoms with Gasteiger partial charge in [-0.05, 0) is 67.6 Å². The van der Waals surface area contributed by atoms with Crippen LogP contribution in [0.1, 0.15) is 24.0 Å². The SMILES string of the molecule is COc1cc(N=Nc2c(S(=O)(=O)O)cc3cc(S(=O)(=O)O)c(N=Nc4c(C)c(C#N)c5nc6ccccc6n5c4O)cc3c2O)c(N(CCCS(=O)(=O)O)CCCS(=O)(=O)O)cc1N=Nc1nc2cc(S(=O)(=O)O)c(OC)c(S(=O)(=O)O)c2s1. The molecular formula is C44H39N11O22S7. The highest BCUT2D eigenvalue weighted by atomic mass is 32.2. The maximum absolute atomic E-state index is 13.1. The van der Waals surface area contributed by atoms with Gasteiger partial charge >= 0.3 is 0 Å². The van der Waals surface area contributed by atoms with Crippen LogP contribution in [0.25, 0.3) is 37.7 Å². The second-order valence-electron chi connectivity index (χ2n) is 17.5. The summed E-state index contributed by atoms with van der Waals surface area (Å²) in [6.07, 6.45) is -0.837. The Morgan fingerprint density at radius 2 is 1.23 bits per heavy atom. The summed E-state index contributed by atoms with van der Waals surface area (Å²) in [4.78, 5) is 5.12. The Morgan fingerprint density at radius 3 is 1.80 bits per heavy atom. The minimum absolute atomic E-state index is 0.00667. The largest absolute Gasteiger partial charge is 0.505 e. The molecule has 8 aromatic rings. The van der Waals surface area contributed by atoms with Crippen LogP contribution < -0.4 is 14.4 Å². The highest BCUT2D eigenvalue weighted by Crippen LogP contribution is 2.48. The number of ether oxygens (including phenoxy) is 2. The molecule has 0 aliphatic rings. The first-order valence-corrected chi connectivity index (χ1v) is 32.7. The number of phenols is 1. The summed E-state index contributed by atoms with van der Waals surface area (Å²) in [6, 6.07) is 13.3. The van der Waals surface area contributed by atoms with Gasteiger partial charge in [0, 0.05) is 30.1 Å². The number of phenolic OH excluding ortho intramolecular Hbond substituents is 1. The first-order chi connectivity index (χ1) is 39.0. The Bertz CT molecular complexity index is 4910. The van der Waals surface area contributed by atoms with Crippen molar-refractivity contribution in [1.29, 1.82) is 5.26 Å². The lowest BCUT2D eigenvalue weighted by molar-refractivity contribution is 0.383. The van der Waals surface area contributed by atoms with Crippen molar-refractivity contribution in [1.82, 2.24) is 14.4 Å². The molecule has 444 valence electrons. The summed E-state index contributed by atoms with van der Waals surface area (Å²) in [5.41, 5.74) is -3.11. The lowest BCUT2D eigenvalue weighted by atomic mass is 10.1. The number of aromatic nitrogens is 3. The van der Waals surface area contributed by atoms with Crippen molar-refractivity contribution in [3.05, 3.63) is 71.8 Å². The van der Waals surface area contributed by atoms with Crippen molar-refractivity contribution in [3.8, 4) is 29.2 Å². The van der Waals surface area contributed by atoms with E-state index in [1.54, 1.807) is 24.3 Å². The molecule has 0 unspecified atom stereocenters. The Balaban J connectivity index is 1.32. The number of imidazole rings is 1. The Hall–Kier alpha value is -8.05. The van der Waals surface area contributed by atoms with E-state index in [4.69, 9.17) is 9.47 Å². The predicted octanol–water partition coefficient (Wildman–Crippen LogP) is 7.45. The molecule has 0 saturated carbocycles. The van der Waals surface area contributed by atoms with Crippen LogP contribution in [0.5, 0.6) is 23.1 Å². The van der Waals surface area contributed by atoms with E-state index in [1.165, 1.54) is 16.2 Å². The van der Waals surface area contributed by atoms with Crippen LogP contribution in [0.2, 0.25) is 0 Å². The van der Waals surface area contributed by atoms with Crippen molar-refractivity contribution in [2.45, 2.75) is 39.3 Å². The highest BCUT2D eigenvalue weighted by molar-refractivity contribution is 7.87. The number of nitrogens with zero attached hydrogens (tertiary/aromatic N) is 11. The zero-order valence-corrected chi connectivity index (χ0v) is 48.3. The molecule has 0 atom stereocenters. The molecule has 0 aliphatic carbocycles. The summed E-state index contributed by atoms with van der Waals surface area (Å²) in [5, 5.41) is 56.1. The molecule has 3 aromatic heterocycles. The topological polar surface area (TPSA) is 517 Å². The number of fused-ring (bicyclic) bond motifs is 5. The van der Waals surface area contributed by atoms with Gasteiger partial charge in [0.2, 0.25) is 11.0 Å². The van der Waals surface area contributed by atoms with E-state index in [0.717, 1.165) is 32.4 Å². The van der Waals surface area contributed by atoms with E-state index < -0.39 is 184 Å². The molecule has 8 N–H and O–H groups in total. The average Bonchev–Trinajstić information content (AvgIpc) is 1.65. The number of pyridine rings is 1. The first kappa shape index (κ1) is 62.0. The lowest BCUT2D eigenvalue weighted by Crippen LogP contribution is -2.28. The standard InChI is InChI=1S/C44H39N11O22S7/c1-21-24(20-45)42-46-25-8-4-5-9-30(25)55(42)43(57)36(21)51-50-28-16-23-22(14-33(28)81(64,65)66)15-34(82(67,68)69)37(38(23)56)52-48-26-18-32(76-2)27(17-31(26)54(10-6-12-79(58,59)60)11-7-13-80(61,62)63)49-53-44-47-29-19-35(83(70,71)72)39(77-3)41(40(29)78-44)84(73,74)75/h4-5,8-9,14-19,56-57H,6-7,10-13H2,1-3H3,(H,58,59,60)(H,61,62,63)(H,64,65,66)(H,67,68,69)(H,70,71,72)(H,73,74,75). The molecule has 84 heavy (non-hydrogen) atoms. The number of nitriles is 1. The van der Waals surface area contributed by atoms with Gasteiger partial charge in [-0.2, -0.15) is 55.8 Å². The smallest absolute Gasteiger partial charge is 0.299 e. The fraction of sp³-hybridized carbons (Fsp3) is 0.205. The number of benzene rings is 5. The van der Waals surface area contributed by atoms with Crippen LogP contribution in [0.15, 0.2) is 111 Å². The van der Waals surface area contributed by atoms with E-state index in [-0.39, 0.29) is 33.9 Å². The molecule has 0 spiro atoms. The molecule has 40 heteroatoms. The second kappa shape index (κ2) is 22.8. The third-order valence-electron chi connectivity index (χ3n) is 12.1. The summed E-state index contributed by atoms with van der Waals surface area (Å²) < 4.78 is 220. The molecule has 33 nitrogen and oxygen atoms in total. The molecule has 8 rings (SSSR count). The second-order valence-corrected chi connectivity index (χ2v) is 27.2. The van der Waals surface area contributed by atoms with E-state index in [9.17, 15) is 93.3 Å². The number of azo groups is 3. The summed E-state index contributed by atoms with van der Waals surface area (Å²) in [6.45, 7) is 0.533. The lowest BCUT2D eigenvalue weighted by Gasteiger charge is -2.26. The number of hydrogen-bond acceptors (Lipinski definition) is 27. The van der Waals surface area contributed by atoms with Gasteiger partial charge in [0.25, 0.3) is 60.7 Å². The molecule has 0 saturated heterocycles. The van der Waals surface area contributed by atoms with Crippen LogP contribution in [-0.4, -0.2) is 141 Å². The van der Waals surface area contributed by atoms with Crippen molar-refractivity contribution in [3.63, 3.8) is 0 Å². The van der Waals surface area contributed by atoms with E-state index in [1.807, 2.05) is 6.07 Å². The maximum atomic E-state index is 13.1. The molecule has 5 aromatic carbocycles. The summed E-state index contributed by atoms with van der Waals surface area (Å²) in [5.74, 6) is -4.89. The fourth-order valence-electron chi connectivity index (χ4n) is 8.46. The Kier molecular flexibility index (Phi) is 16.9. The molecule has 0 aliphatic heterocycles. The van der Waals surface area contributed by atoms with Gasteiger partial charge in [0.15, 0.2) is 27.7 Å². The molecule has 3 heterocycles. The van der Waals surface area contributed by atoms with Crippen LogP contribution >= 0.6 is 11.3 Å². The molecule has 0 fully saturated rings. The Morgan fingerprint density at radius 1 is 0.643 bits per heavy atom. The van der Waals surface area contributed by atoms with Crippen molar-refractivity contribution < 1.29 is 97.5 Å². The number of hydrogen-bond donors (Lipinski definition) is 8. The molecule has 0 amide bonds. The number of anilines is 1. The quantitative estimate of drug-likeness (QED) is 0.0255. The third-order valence-corrected chi connectivity index (χ3v) is 18.3. The van der Waals surface area contributed by atoms with Gasteiger partial charge in [-0.3, -0.25) is 31.7 Å². The fourth-order valence-corrected chi connectivity index (χ4v) is 13.5. The van der Waals surface area contributed by atoms with Gasteiger partial charge in [0.05, 0.1) is 52.7 Å². The molecule has 0 bridgehead atoms. The molecule has 0 radical (unpaired) electrons. The highest BCUT2D eigenvalue weighted by Gasteiger charge is 2.32. The van der Waals surface area contributed by atoms with Gasteiger partial charge in [-0.15, -0.1) is 30.7 Å². The number of para-hydroxylation sites is 2. The van der Waals surface area contributed by atoms with Crippen LogP contribution in [-0.2, 0) is 60.7 Å². The monoisotopic (exact) mass is 1300 g/mol. The number of rotatable bonds is 21. The molecular weight excluding hydrogens is 1260 g/mol. The number of aromatic hydroxyl groups is 2. The van der Waals surface area contributed by atoms with Gasteiger partial charge < -0.3 is 24.6 Å². The van der Waals surface area contributed by atoms with Crippen molar-refractivity contribution in [2.24, 2.45) is 30.7 Å². The van der Waals surface area contributed by atoms with Crippen molar-refractivity contribution in [2.75, 3.05) is 43.7 Å². The number of thiazole rings is 1. The maximum Gasteiger partial charge on any atom is 0.299 e. The Labute approximate surface area is 478 Å². The summed E-state index contributed by atoms with van der Waals surface area (Å²) in [7, 11) is -28.8. The van der Waals surface area contributed by atoms with Crippen LogP contribution in [0, 0.1) is 18.3 Å². The number of methoxy groups -OCH3 is 2. The van der Waals surface area contributed by atoms with E-state index in [0.29, 0.717) is 40.6 Å². The summed E-state index contributed by atoms with van der Waals surface area (Å²) >= 11 is 0.408. The zero-order valence-electron chi connectivity index (χ0n) is 42.6.